The summed E-state index contributed by atoms with van der Waals surface area (Å²) in [5.41, 5.74) is -0.548. The topological polar surface area (TPSA) is 69.7 Å². The molecule has 2 fully saturated rings. The molecule has 2 heterocycles. The Bertz CT molecular complexity index is 721. The van der Waals surface area contributed by atoms with Crippen LogP contribution in [0.4, 0.5) is 4.79 Å². The van der Waals surface area contributed by atoms with Crippen LogP contribution in [0.1, 0.15) is 45.1 Å². The number of amides is 4. The maximum Gasteiger partial charge on any atom is 0.325 e. The zero-order valence-electron chi connectivity index (χ0n) is 15.1. The second-order valence-electron chi connectivity index (χ2n) is 7.10. The number of nitrogens with zero attached hydrogens (tertiary/aromatic N) is 2. The van der Waals surface area contributed by atoms with Crippen LogP contribution >= 0.6 is 11.6 Å². The van der Waals surface area contributed by atoms with Crippen LogP contribution in [-0.2, 0) is 15.1 Å². The Morgan fingerprint density at radius 3 is 2.62 bits per heavy atom. The number of hydrogen-bond acceptors (Lipinski definition) is 3. The van der Waals surface area contributed by atoms with Gasteiger partial charge in [-0.2, -0.15) is 0 Å². The van der Waals surface area contributed by atoms with E-state index in [4.69, 9.17) is 11.6 Å². The molecule has 2 saturated heterocycles. The summed E-state index contributed by atoms with van der Waals surface area (Å²) in [6.07, 6.45) is 3.93. The van der Waals surface area contributed by atoms with Crippen molar-refractivity contribution in [2.45, 2.75) is 51.1 Å². The van der Waals surface area contributed by atoms with Gasteiger partial charge in [-0.3, -0.25) is 14.5 Å². The van der Waals surface area contributed by atoms with Gasteiger partial charge in [-0.25, -0.2) is 4.79 Å². The van der Waals surface area contributed by atoms with Crippen molar-refractivity contribution < 1.29 is 14.4 Å². The summed E-state index contributed by atoms with van der Waals surface area (Å²) in [6.45, 7) is 4.18. The molecular formula is C19H24ClN3O3. The van der Waals surface area contributed by atoms with Gasteiger partial charge in [0.1, 0.15) is 12.1 Å². The van der Waals surface area contributed by atoms with Gasteiger partial charge in [-0.05, 0) is 50.3 Å². The Balaban J connectivity index is 1.76. The maximum atomic E-state index is 12.9. The Kier molecular flexibility index (Phi) is 5.23. The number of urea groups is 1. The van der Waals surface area contributed by atoms with Crippen molar-refractivity contribution in [1.82, 2.24) is 15.1 Å². The van der Waals surface area contributed by atoms with Crippen molar-refractivity contribution >= 4 is 29.4 Å². The lowest BCUT2D eigenvalue weighted by molar-refractivity contribution is -0.141. The predicted octanol–water partition coefficient (Wildman–Crippen LogP) is 2.90. The van der Waals surface area contributed by atoms with E-state index in [0.29, 0.717) is 17.1 Å². The normalized spacial score (nSPS) is 26.2. The van der Waals surface area contributed by atoms with E-state index in [-0.39, 0.29) is 18.5 Å². The third kappa shape index (κ3) is 3.30. The molecular weight excluding hydrogens is 354 g/mol. The van der Waals surface area contributed by atoms with E-state index in [1.54, 1.807) is 31.2 Å². The molecule has 0 bridgehead atoms. The average molecular weight is 378 g/mol. The summed E-state index contributed by atoms with van der Waals surface area (Å²) < 4.78 is 0. The lowest BCUT2D eigenvalue weighted by atomic mass is 9.92. The summed E-state index contributed by atoms with van der Waals surface area (Å²) in [6, 6.07) is 6.43. The van der Waals surface area contributed by atoms with Gasteiger partial charge in [0.25, 0.3) is 5.91 Å². The first-order chi connectivity index (χ1) is 12.4. The Morgan fingerprint density at radius 1 is 1.27 bits per heavy atom. The van der Waals surface area contributed by atoms with Crippen LogP contribution in [0.5, 0.6) is 0 Å². The highest BCUT2D eigenvalue weighted by Crippen LogP contribution is 2.30. The van der Waals surface area contributed by atoms with E-state index >= 15 is 0 Å². The number of likely N-dealkylation sites (tertiary alicyclic amines) is 1. The van der Waals surface area contributed by atoms with Gasteiger partial charge in [0, 0.05) is 17.6 Å². The molecule has 0 saturated carbocycles. The van der Waals surface area contributed by atoms with Gasteiger partial charge in [-0.1, -0.05) is 30.7 Å². The summed E-state index contributed by atoms with van der Waals surface area (Å²) in [5, 5.41) is 3.28. The molecule has 0 radical (unpaired) electrons. The highest BCUT2D eigenvalue weighted by Gasteiger charge is 2.49. The van der Waals surface area contributed by atoms with Crippen molar-refractivity contribution in [2.24, 2.45) is 0 Å². The SMILES string of the molecule is CCC1CCCCN1C(=O)CN1C(=O)NC(C)(c2ccc(Cl)cc2)C1=O. The minimum absolute atomic E-state index is 0.166. The number of piperidine rings is 1. The van der Waals surface area contributed by atoms with Gasteiger partial charge in [-0.15, -0.1) is 0 Å². The summed E-state index contributed by atoms with van der Waals surface area (Å²) in [7, 11) is 0. The van der Waals surface area contributed by atoms with E-state index < -0.39 is 17.5 Å². The molecule has 6 nitrogen and oxygen atoms in total. The molecule has 2 aliphatic rings. The first-order valence-corrected chi connectivity index (χ1v) is 9.44. The van der Waals surface area contributed by atoms with E-state index in [0.717, 1.165) is 30.6 Å². The zero-order valence-corrected chi connectivity index (χ0v) is 15.9. The van der Waals surface area contributed by atoms with Crippen LogP contribution in [0.2, 0.25) is 5.02 Å². The van der Waals surface area contributed by atoms with Crippen molar-refractivity contribution in [2.75, 3.05) is 13.1 Å². The minimum Gasteiger partial charge on any atom is -0.338 e. The fraction of sp³-hybridized carbons (Fsp3) is 0.526. The summed E-state index contributed by atoms with van der Waals surface area (Å²) in [4.78, 5) is 40.9. The number of benzene rings is 1. The van der Waals surface area contributed by atoms with Crippen LogP contribution in [-0.4, -0.2) is 46.8 Å². The second kappa shape index (κ2) is 7.27. The molecule has 2 atom stereocenters. The third-order valence-electron chi connectivity index (χ3n) is 5.41. The number of carbonyl (C=O) groups excluding carboxylic acids is 3. The van der Waals surface area contributed by atoms with Crippen molar-refractivity contribution in [3.8, 4) is 0 Å². The van der Waals surface area contributed by atoms with E-state index in [2.05, 4.69) is 12.2 Å². The van der Waals surface area contributed by atoms with Gasteiger partial charge < -0.3 is 10.2 Å². The van der Waals surface area contributed by atoms with E-state index in [1.165, 1.54) is 0 Å². The second-order valence-corrected chi connectivity index (χ2v) is 7.53. The van der Waals surface area contributed by atoms with Crippen molar-refractivity contribution in [3.05, 3.63) is 34.9 Å². The Labute approximate surface area is 158 Å². The highest BCUT2D eigenvalue weighted by atomic mass is 35.5. The number of imide groups is 1. The van der Waals surface area contributed by atoms with Gasteiger partial charge in [0.15, 0.2) is 0 Å². The number of nitrogens with one attached hydrogen (secondary N) is 1. The van der Waals surface area contributed by atoms with Crippen LogP contribution in [0, 0.1) is 0 Å². The molecule has 140 valence electrons. The lowest BCUT2D eigenvalue weighted by Gasteiger charge is -2.36. The molecule has 1 aromatic rings. The number of hydrogen-bond donors (Lipinski definition) is 1. The standard InChI is InChI=1S/C19H24ClN3O3/c1-3-15-6-4-5-11-22(15)16(24)12-23-17(25)19(2,21-18(23)26)13-7-9-14(20)10-8-13/h7-10,15H,3-6,11-12H2,1-2H3,(H,21,26). The molecule has 4 amide bonds. The Hall–Kier alpha value is -2.08. The molecule has 2 aliphatic heterocycles. The predicted molar refractivity (Wildman–Crippen MR) is 98.7 cm³/mol. The fourth-order valence-corrected chi connectivity index (χ4v) is 3.92. The molecule has 3 rings (SSSR count). The largest absolute Gasteiger partial charge is 0.338 e. The van der Waals surface area contributed by atoms with Gasteiger partial charge in [0.05, 0.1) is 0 Å². The molecule has 2 unspecified atom stereocenters. The first kappa shape index (κ1) is 18.7. The van der Waals surface area contributed by atoms with Crippen molar-refractivity contribution in [3.63, 3.8) is 0 Å². The van der Waals surface area contributed by atoms with Crippen LogP contribution in [0.25, 0.3) is 0 Å². The molecule has 0 aromatic heterocycles. The zero-order chi connectivity index (χ0) is 18.9. The molecule has 0 aliphatic carbocycles. The molecule has 1 aromatic carbocycles. The fourth-order valence-electron chi connectivity index (χ4n) is 3.80. The van der Waals surface area contributed by atoms with E-state index in [9.17, 15) is 14.4 Å². The highest BCUT2D eigenvalue weighted by molar-refractivity contribution is 6.30. The van der Waals surface area contributed by atoms with Crippen LogP contribution < -0.4 is 5.32 Å². The van der Waals surface area contributed by atoms with Crippen molar-refractivity contribution in [1.29, 1.82) is 0 Å². The number of carbonyl (C=O) groups is 3. The van der Waals surface area contributed by atoms with Gasteiger partial charge >= 0.3 is 6.03 Å². The van der Waals surface area contributed by atoms with Crippen LogP contribution in [0.15, 0.2) is 24.3 Å². The Morgan fingerprint density at radius 2 is 1.96 bits per heavy atom. The third-order valence-corrected chi connectivity index (χ3v) is 5.66. The van der Waals surface area contributed by atoms with E-state index in [1.807, 2.05) is 4.90 Å². The average Bonchev–Trinajstić information content (AvgIpc) is 2.86. The minimum atomic E-state index is -1.19. The number of rotatable bonds is 4. The first-order valence-electron chi connectivity index (χ1n) is 9.06. The molecule has 0 spiro atoms. The quantitative estimate of drug-likeness (QED) is 0.820. The number of halogens is 1. The summed E-state index contributed by atoms with van der Waals surface area (Å²) >= 11 is 5.91. The monoisotopic (exact) mass is 377 g/mol. The molecule has 7 heteroatoms. The molecule has 26 heavy (non-hydrogen) atoms. The molecule has 1 N–H and O–H groups in total. The summed E-state index contributed by atoms with van der Waals surface area (Å²) in [5.74, 6) is -0.580. The van der Waals surface area contributed by atoms with Gasteiger partial charge in [0.2, 0.25) is 5.91 Å². The van der Waals surface area contributed by atoms with Crippen LogP contribution in [0.3, 0.4) is 0 Å². The lowest BCUT2D eigenvalue weighted by Crippen LogP contribution is -2.49. The maximum absolute atomic E-state index is 12.9. The smallest absolute Gasteiger partial charge is 0.325 e.